The maximum atomic E-state index is 12.5. The molecule has 0 aliphatic carbocycles. The van der Waals surface area contributed by atoms with Crippen molar-refractivity contribution in [1.82, 2.24) is 5.32 Å². The number of carbonyl (C=O) groups excluding carboxylic acids is 2. The first-order valence-corrected chi connectivity index (χ1v) is 10.4. The number of ether oxygens (including phenoxy) is 1. The molecular formula is C25H24N4O5. The van der Waals surface area contributed by atoms with E-state index in [0.717, 1.165) is 0 Å². The van der Waals surface area contributed by atoms with Gasteiger partial charge in [-0.05, 0) is 47.5 Å². The number of amides is 1. The molecule has 3 aromatic carbocycles. The molecule has 9 heteroatoms. The van der Waals surface area contributed by atoms with Crippen LogP contribution in [0.1, 0.15) is 33.9 Å². The average Bonchev–Trinajstić information content (AvgIpc) is 2.80. The molecule has 3 aromatic rings. The van der Waals surface area contributed by atoms with Crippen molar-refractivity contribution in [1.29, 1.82) is 0 Å². The zero-order valence-electron chi connectivity index (χ0n) is 18.2. The SMILES string of the molecule is NC(N)=Nc1ccc(C(=O)Oc2ccc(CC(=O)N[C@@H](CC(=O)O)c3ccccc3)cc2)cc1. The summed E-state index contributed by atoms with van der Waals surface area (Å²) in [6, 6.07) is 21.1. The Bertz CT molecular complexity index is 1170. The van der Waals surface area contributed by atoms with E-state index < -0.39 is 18.0 Å². The molecule has 0 saturated heterocycles. The Morgan fingerprint density at radius 3 is 2.15 bits per heavy atom. The Morgan fingerprint density at radius 1 is 0.912 bits per heavy atom. The lowest BCUT2D eigenvalue weighted by Gasteiger charge is -2.17. The number of hydrogen-bond acceptors (Lipinski definition) is 5. The predicted molar refractivity (Wildman–Crippen MR) is 127 cm³/mol. The Labute approximate surface area is 196 Å². The summed E-state index contributed by atoms with van der Waals surface area (Å²) in [5.74, 6) is -1.65. The standard InChI is InChI=1S/C25H24N4O5/c26-25(27)28-19-10-8-18(9-11-19)24(33)34-20-12-6-16(7-13-20)14-22(30)29-21(15-23(31)32)17-4-2-1-3-5-17/h1-13,21H,14-15H2,(H,29,30)(H,31,32)(H4,26,27,28)/t21-/m0/s1. The summed E-state index contributed by atoms with van der Waals surface area (Å²) in [5, 5.41) is 11.9. The van der Waals surface area contributed by atoms with Crippen molar-refractivity contribution >= 4 is 29.5 Å². The summed E-state index contributed by atoms with van der Waals surface area (Å²) >= 11 is 0. The van der Waals surface area contributed by atoms with Crippen LogP contribution in [0.5, 0.6) is 5.75 Å². The Kier molecular flexibility index (Phi) is 7.96. The zero-order valence-corrected chi connectivity index (χ0v) is 18.2. The van der Waals surface area contributed by atoms with Crippen LogP contribution in [-0.4, -0.2) is 28.9 Å². The Hall–Kier alpha value is -4.66. The second-order valence-corrected chi connectivity index (χ2v) is 7.42. The molecule has 0 fully saturated rings. The molecule has 0 aliphatic heterocycles. The van der Waals surface area contributed by atoms with E-state index in [4.69, 9.17) is 16.2 Å². The fourth-order valence-corrected chi connectivity index (χ4v) is 3.21. The highest BCUT2D eigenvalue weighted by molar-refractivity contribution is 5.91. The van der Waals surface area contributed by atoms with E-state index >= 15 is 0 Å². The number of aliphatic carboxylic acids is 1. The molecule has 0 saturated carbocycles. The molecular weight excluding hydrogens is 436 g/mol. The maximum absolute atomic E-state index is 12.5. The first-order chi connectivity index (χ1) is 16.3. The normalized spacial score (nSPS) is 11.2. The van der Waals surface area contributed by atoms with E-state index in [0.29, 0.717) is 28.1 Å². The number of nitrogens with two attached hydrogens (primary N) is 2. The highest BCUT2D eigenvalue weighted by Crippen LogP contribution is 2.19. The van der Waals surface area contributed by atoms with Crippen molar-refractivity contribution in [3.05, 3.63) is 95.6 Å². The Morgan fingerprint density at radius 2 is 1.56 bits per heavy atom. The van der Waals surface area contributed by atoms with E-state index in [1.54, 1.807) is 72.8 Å². The van der Waals surface area contributed by atoms with Gasteiger partial charge < -0.3 is 26.6 Å². The zero-order chi connectivity index (χ0) is 24.5. The van der Waals surface area contributed by atoms with Crippen LogP contribution >= 0.6 is 0 Å². The highest BCUT2D eigenvalue weighted by Gasteiger charge is 2.18. The van der Waals surface area contributed by atoms with Gasteiger partial charge in [0, 0.05) is 0 Å². The summed E-state index contributed by atoms with van der Waals surface area (Å²) in [6.45, 7) is 0. The number of carbonyl (C=O) groups is 3. The number of guanidine groups is 1. The third kappa shape index (κ3) is 7.20. The molecule has 0 aromatic heterocycles. The number of hydrogen-bond donors (Lipinski definition) is 4. The minimum absolute atomic E-state index is 0.0451. The van der Waals surface area contributed by atoms with Gasteiger partial charge in [-0.15, -0.1) is 0 Å². The molecule has 1 amide bonds. The second kappa shape index (κ2) is 11.3. The number of benzene rings is 3. The summed E-state index contributed by atoms with van der Waals surface area (Å²) in [5.41, 5.74) is 12.9. The van der Waals surface area contributed by atoms with Crippen molar-refractivity contribution in [3.63, 3.8) is 0 Å². The smallest absolute Gasteiger partial charge is 0.343 e. The van der Waals surface area contributed by atoms with Crippen molar-refractivity contribution < 1.29 is 24.2 Å². The van der Waals surface area contributed by atoms with E-state index in [-0.39, 0.29) is 24.7 Å². The molecule has 6 N–H and O–H groups in total. The number of rotatable bonds is 9. The lowest BCUT2D eigenvalue weighted by molar-refractivity contribution is -0.137. The van der Waals surface area contributed by atoms with E-state index in [9.17, 15) is 19.5 Å². The van der Waals surface area contributed by atoms with Crippen molar-refractivity contribution in [2.75, 3.05) is 0 Å². The van der Waals surface area contributed by atoms with Crippen LogP contribution < -0.4 is 21.5 Å². The molecule has 0 heterocycles. The molecule has 174 valence electrons. The van der Waals surface area contributed by atoms with Crippen LogP contribution in [0.2, 0.25) is 0 Å². The fraction of sp³-hybridized carbons (Fsp3) is 0.120. The number of carboxylic acid groups (broad SMARTS) is 1. The second-order valence-electron chi connectivity index (χ2n) is 7.42. The van der Waals surface area contributed by atoms with Gasteiger partial charge >= 0.3 is 11.9 Å². The van der Waals surface area contributed by atoms with Gasteiger partial charge in [-0.1, -0.05) is 42.5 Å². The number of aliphatic imine (C=N–C) groups is 1. The van der Waals surface area contributed by atoms with Gasteiger partial charge in [-0.25, -0.2) is 9.79 Å². The molecule has 0 spiro atoms. The predicted octanol–water partition coefficient (Wildman–Crippen LogP) is 2.69. The van der Waals surface area contributed by atoms with E-state index in [1.807, 2.05) is 6.07 Å². The van der Waals surface area contributed by atoms with Crippen molar-refractivity contribution in [3.8, 4) is 5.75 Å². The number of nitrogens with one attached hydrogen (secondary N) is 1. The van der Waals surface area contributed by atoms with Gasteiger partial charge in [0.05, 0.1) is 30.1 Å². The van der Waals surface area contributed by atoms with Crippen molar-refractivity contribution in [2.45, 2.75) is 18.9 Å². The largest absolute Gasteiger partial charge is 0.481 e. The lowest BCUT2D eigenvalue weighted by atomic mass is 10.0. The number of nitrogens with zero attached hydrogens (tertiary/aromatic N) is 1. The fourth-order valence-electron chi connectivity index (χ4n) is 3.21. The third-order valence-corrected chi connectivity index (χ3v) is 4.78. The monoisotopic (exact) mass is 460 g/mol. The molecule has 34 heavy (non-hydrogen) atoms. The summed E-state index contributed by atoms with van der Waals surface area (Å²) in [7, 11) is 0. The van der Waals surface area contributed by atoms with Crippen LogP contribution in [-0.2, 0) is 16.0 Å². The average molecular weight is 460 g/mol. The molecule has 1 atom stereocenters. The van der Waals surface area contributed by atoms with Crippen LogP contribution in [0.4, 0.5) is 5.69 Å². The van der Waals surface area contributed by atoms with Crippen LogP contribution in [0.3, 0.4) is 0 Å². The maximum Gasteiger partial charge on any atom is 0.343 e. The minimum atomic E-state index is -1.01. The van der Waals surface area contributed by atoms with Gasteiger partial charge in [-0.3, -0.25) is 9.59 Å². The van der Waals surface area contributed by atoms with Crippen molar-refractivity contribution in [2.24, 2.45) is 16.5 Å². The topological polar surface area (TPSA) is 157 Å². The van der Waals surface area contributed by atoms with Gasteiger partial charge in [0.1, 0.15) is 5.75 Å². The molecule has 0 aliphatic rings. The van der Waals surface area contributed by atoms with Gasteiger partial charge in [0.25, 0.3) is 0 Å². The third-order valence-electron chi connectivity index (χ3n) is 4.78. The van der Waals surface area contributed by atoms with Crippen LogP contribution in [0.25, 0.3) is 0 Å². The van der Waals surface area contributed by atoms with Gasteiger partial charge in [-0.2, -0.15) is 0 Å². The first kappa shape index (κ1) is 24.0. The van der Waals surface area contributed by atoms with E-state index in [2.05, 4.69) is 10.3 Å². The summed E-state index contributed by atoms with van der Waals surface area (Å²) in [6.07, 6.45) is -0.180. The van der Waals surface area contributed by atoms with Crippen LogP contribution in [0, 0.1) is 0 Å². The lowest BCUT2D eigenvalue weighted by Crippen LogP contribution is -2.31. The summed E-state index contributed by atoms with van der Waals surface area (Å²) < 4.78 is 5.36. The molecule has 3 rings (SSSR count). The highest BCUT2D eigenvalue weighted by atomic mass is 16.5. The molecule has 9 nitrogen and oxygen atoms in total. The number of carboxylic acids is 1. The molecule has 0 radical (unpaired) electrons. The first-order valence-electron chi connectivity index (χ1n) is 10.4. The van der Waals surface area contributed by atoms with Gasteiger partial charge in [0.2, 0.25) is 5.91 Å². The van der Waals surface area contributed by atoms with E-state index in [1.165, 1.54) is 0 Å². The quantitative estimate of drug-likeness (QED) is 0.165. The van der Waals surface area contributed by atoms with Gasteiger partial charge in [0.15, 0.2) is 5.96 Å². The molecule has 0 unspecified atom stereocenters. The minimum Gasteiger partial charge on any atom is -0.481 e. The summed E-state index contributed by atoms with van der Waals surface area (Å²) in [4.78, 5) is 39.9. The Balaban J connectivity index is 1.58. The molecule has 0 bridgehead atoms. The van der Waals surface area contributed by atoms with Crippen LogP contribution in [0.15, 0.2) is 83.9 Å². The number of esters is 1.